The molecule has 0 aliphatic carbocycles. The molecule has 1 heterocycles. The topological polar surface area (TPSA) is 60.3 Å². The number of ether oxygens (including phenoxy) is 3. The Morgan fingerprint density at radius 3 is 2.28 bits per heavy atom. The third-order valence-electron chi connectivity index (χ3n) is 4.22. The molecule has 0 radical (unpaired) electrons. The van der Waals surface area contributed by atoms with Gasteiger partial charge in [0.05, 0.1) is 21.3 Å². The number of hydrogen-bond donors (Lipinski definition) is 1. The zero-order valence-corrected chi connectivity index (χ0v) is 15.4. The fourth-order valence-corrected chi connectivity index (χ4v) is 2.98. The zero-order chi connectivity index (χ0) is 17.1. The Hall–Kier alpha value is -2.40. The van der Waals surface area contributed by atoms with E-state index in [0.29, 0.717) is 17.9 Å². The maximum Gasteiger partial charge on any atom is 0.161 e. The molecular formula is C19H22ClNO4. The van der Waals surface area contributed by atoms with E-state index in [0.717, 1.165) is 35.6 Å². The van der Waals surface area contributed by atoms with Gasteiger partial charge in [-0.25, -0.2) is 0 Å². The molecular weight excluding hydrogens is 342 g/mol. The monoisotopic (exact) mass is 363 g/mol. The van der Waals surface area contributed by atoms with Crippen molar-refractivity contribution in [3.05, 3.63) is 47.0 Å². The van der Waals surface area contributed by atoms with Crippen molar-refractivity contribution in [2.75, 3.05) is 27.9 Å². The van der Waals surface area contributed by atoms with Gasteiger partial charge >= 0.3 is 0 Å². The van der Waals surface area contributed by atoms with Crippen LogP contribution in [0.2, 0.25) is 0 Å². The first-order valence-electron chi connectivity index (χ1n) is 7.80. The Morgan fingerprint density at radius 2 is 1.64 bits per heavy atom. The minimum Gasteiger partial charge on any atom is -0.504 e. The van der Waals surface area contributed by atoms with Crippen LogP contribution in [0.3, 0.4) is 0 Å². The van der Waals surface area contributed by atoms with Crippen LogP contribution in [0, 0.1) is 0 Å². The molecule has 0 fully saturated rings. The molecule has 2 aromatic carbocycles. The summed E-state index contributed by atoms with van der Waals surface area (Å²) in [6, 6.07) is 9.43. The predicted octanol–water partition coefficient (Wildman–Crippen LogP) is 3.43. The van der Waals surface area contributed by atoms with E-state index in [-0.39, 0.29) is 18.2 Å². The molecule has 3 rings (SSSR count). The molecule has 0 saturated carbocycles. The molecule has 0 bridgehead atoms. The fraction of sp³-hybridized carbons (Fsp3) is 0.316. The van der Waals surface area contributed by atoms with E-state index in [1.165, 1.54) is 12.7 Å². The summed E-state index contributed by atoms with van der Waals surface area (Å²) in [6.07, 6.45) is 1.52. The molecule has 25 heavy (non-hydrogen) atoms. The normalized spacial score (nSPS) is 12.5. The minimum atomic E-state index is 0. The maximum atomic E-state index is 9.97. The summed E-state index contributed by atoms with van der Waals surface area (Å²) in [7, 11) is 4.81. The van der Waals surface area contributed by atoms with E-state index in [9.17, 15) is 5.11 Å². The molecule has 5 nitrogen and oxygen atoms in total. The third kappa shape index (κ3) is 3.82. The Balaban J connectivity index is 0.00000225. The maximum absolute atomic E-state index is 9.97. The van der Waals surface area contributed by atoms with E-state index in [4.69, 9.17) is 14.2 Å². The summed E-state index contributed by atoms with van der Waals surface area (Å²) in [5.74, 6) is 2.04. The smallest absolute Gasteiger partial charge is 0.161 e. The number of rotatable bonds is 5. The van der Waals surface area contributed by atoms with Crippen molar-refractivity contribution in [1.29, 1.82) is 0 Å². The van der Waals surface area contributed by atoms with Gasteiger partial charge in [0.25, 0.3) is 0 Å². The highest BCUT2D eigenvalue weighted by atomic mass is 35.5. The van der Waals surface area contributed by atoms with Crippen molar-refractivity contribution >= 4 is 18.1 Å². The van der Waals surface area contributed by atoms with Gasteiger partial charge in [-0.2, -0.15) is 0 Å². The van der Waals surface area contributed by atoms with Crippen molar-refractivity contribution in [2.45, 2.75) is 12.8 Å². The van der Waals surface area contributed by atoms with E-state index in [1.54, 1.807) is 26.4 Å². The van der Waals surface area contributed by atoms with Gasteiger partial charge in [0.15, 0.2) is 23.0 Å². The number of phenolic OH excluding ortho intramolecular Hbond substituents is 1. The van der Waals surface area contributed by atoms with Gasteiger partial charge in [-0.15, -0.1) is 12.4 Å². The van der Waals surface area contributed by atoms with Crippen LogP contribution >= 0.6 is 12.4 Å². The number of hydrogen-bond acceptors (Lipinski definition) is 5. The van der Waals surface area contributed by atoms with Crippen molar-refractivity contribution in [3.8, 4) is 23.0 Å². The van der Waals surface area contributed by atoms with Gasteiger partial charge in [-0.3, -0.25) is 4.99 Å². The SMILES string of the molecule is COc1ccc(CC2=NCCc3cc(OC)c(OC)cc32)cc1O.Cl. The van der Waals surface area contributed by atoms with Crippen LogP contribution in [0.4, 0.5) is 0 Å². The fourth-order valence-electron chi connectivity index (χ4n) is 2.98. The molecule has 1 N–H and O–H groups in total. The van der Waals surface area contributed by atoms with E-state index < -0.39 is 0 Å². The van der Waals surface area contributed by atoms with Gasteiger partial charge in [-0.05, 0) is 41.8 Å². The summed E-state index contributed by atoms with van der Waals surface area (Å²) in [6.45, 7) is 0.750. The average Bonchev–Trinajstić information content (AvgIpc) is 2.61. The first-order chi connectivity index (χ1) is 11.7. The summed E-state index contributed by atoms with van der Waals surface area (Å²) in [4.78, 5) is 4.68. The lowest BCUT2D eigenvalue weighted by Gasteiger charge is -2.20. The highest BCUT2D eigenvalue weighted by Gasteiger charge is 2.19. The number of methoxy groups -OCH3 is 3. The molecule has 0 saturated heterocycles. The van der Waals surface area contributed by atoms with Gasteiger partial charge in [0.2, 0.25) is 0 Å². The molecule has 1 aliphatic rings. The summed E-state index contributed by atoms with van der Waals surface area (Å²) < 4.78 is 15.9. The van der Waals surface area contributed by atoms with Crippen LogP contribution in [0.1, 0.15) is 16.7 Å². The van der Waals surface area contributed by atoms with E-state index >= 15 is 0 Å². The molecule has 134 valence electrons. The van der Waals surface area contributed by atoms with Crippen LogP contribution in [0.5, 0.6) is 23.0 Å². The van der Waals surface area contributed by atoms with Crippen molar-refractivity contribution in [1.82, 2.24) is 0 Å². The van der Waals surface area contributed by atoms with Crippen molar-refractivity contribution in [3.63, 3.8) is 0 Å². The highest BCUT2D eigenvalue weighted by molar-refractivity contribution is 6.04. The number of nitrogens with zero attached hydrogens (tertiary/aromatic N) is 1. The molecule has 0 aromatic heterocycles. The second kappa shape index (κ2) is 8.12. The lowest BCUT2D eigenvalue weighted by atomic mass is 9.93. The summed E-state index contributed by atoms with van der Waals surface area (Å²) in [5, 5.41) is 9.97. The van der Waals surface area contributed by atoms with Crippen LogP contribution in [-0.4, -0.2) is 38.7 Å². The van der Waals surface area contributed by atoms with Crippen LogP contribution in [0.25, 0.3) is 0 Å². The number of benzene rings is 2. The zero-order valence-electron chi connectivity index (χ0n) is 14.5. The van der Waals surface area contributed by atoms with Crippen LogP contribution in [-0.2, 0) is 12.8 Å². The second-order valence-electron chi connectivity index (χ2n) is 5.63. The number of phenols is 1. The number of fused-ring (bicyclic) bond motifs is 1. The standard InChI is InChI=1S/C19H21NO4.ClH/c1-22-17-5-4-12(9-16(17)21)8-15-14-11-19(24-3)18(23-2)10-13(14)6-7-20-15;/h4-5,9-11,21H,6-8H2,1-3H3;1H. The van der Waals surface area contributed by atoms with Gasteiger partial charge in [0.1, 0.15) is 0 Å². The quantitative estimate of drug-likeness (QED) is 0.884. The predicted molar refractivity (Wildman–Crippen MR) is 100 cm³/mol. The van der Waals surface area contributed by atoms with Gasteiger partial charge in [0, 0.05) is 24.2 Å². The van der Waals surface area contributed by atoms with Crippen molar-refractivity contribution < 1.29 is 19.3 Å². The second-order valence-corrected chi connectivity index (χ2v) is 5.63. The van der Waals surface area contributed by atoms with E-state index in [1.807, 2.05) is 18.2 Å². The highest BCUT2D eigenvalue weighted by Crippen LogP contribution is 2.33. The van der Waals surface area contributed by atoms with Crippen LogP contribution < -0.4 is 14.2 Å². The van der Waals surface area contributed by atoms with Crippen LogP contribution in [0.15, 0.2) is 35.3 Å². The van der Waals surface area contributed by atoms with E-state index in [2.05, 4.69) is 4.99 Å². The minimum absolute atomic E-state index is 0. The first kappa shape index (κ1) is 18.9. The molecule has 0 amide bonds. The molecule has 0 atom stereocenters. The third-order valence-corrected chi connectivity index (χ3v) is 4.22. The lowest BCUT2D eigenvalue weighted by molar-refractivity contribution is 0.354. The van der Waals surface area contributed by atoms with Gasteiger partial charge < -0.3 is 19.3 Å². The first-order valence-corrected chi connectivity index (χ1v) is 7.80. The average molecular weight is 364 g/mol. The molecule has 2 aromatic rings. The Morgan fingerprint density at radius 1 is 0.960 bits per heavy atom. The Labute approximate surface area is 153 Å². The Kier molecular flexibility index (Phi) is 6.15. The number of halogens is 1. The summed E-state index contributed by atoms with van der Waals surface area (Å²) >= 11 is 0. The number of aromatic hydroxyl groups is 1. The molecule has 0 spiro atoms. The van der Waals surface area contributed by atoms with Crippen molar-refractivity contribution in [2.24, 2.45) is 4.99 Å². The molecule has 0 unspecified atom stereocenters. The van der Waals surface area contributed by atoms with Gasteiger partial charge in [-0.1, -0.05) is 6.07 Å². The molecule has 6 heteroatoms. The Bertz CT molecular complexity index is 789. The summed E-state index contributed by atoms with van der Waals surface area (Å²) in [5.41, 5.74) is 4.25. The number of aliphatic imine (C=N–C) groups is 1. The largest absolute Gasteiger partial charge is 0.504 e. The molecule has 1 aliphatic heterocycles. The lowest BCUT2D eigenvalue weighted by Crippen LogP contribution is -2.16.